The molecule has 3 rings (SSSR count). The van der Waals surface area contributed by atoms with Crippen LogP contribution in [0.1, 0.15) is 18.9 Å². The molecule has 1 aromatic rings. The summed E-state index contributed by atoms with van der Waals surface area (Å²) in [5.41, 5.74) is -6.36. The van der Waals surface area contributed by atoms with Crippen molar-refractivity contribution in [3.05, 3.63) is 48.0 Å². The van der Waals surface area contributed by atoms with Gasteiger partial charge in [0, 0.05) is 12.3 Å². The molecule has 2 saturated heterocycles. The molecule has 0 saturated carbocycles. The first-order valence-electron chi connectivity index (χ1n) is 10.2. The van der Waals surface area contributed by atoms with Crippen LogP contribution in [0.5, 0.6) is 0 Å². The molecular weight excluding hydrogens is 456 g/mol. The second-order valence-electron chi connectivity index (χ2n) is 8.35. The number of rotatable bonds is 9. The van der Waals surface area contributed by atoms with Crippen molar-refractivity contribution in [3.63, 3.8) is 0 Å². The maximum absolute atomic E-state index is 12.5. The molecule has 2 fully saturated rings. The second kappa shape index (κ2) is 8.89. The average molecular weight is 480 g/mol. The van der Waals surface area contributed by atoms with Crippen molar-refractivity contribution in [1.29, 1.82) is 0 Å². The number of carboxylic acid groups (broad SMARTS) is 3. The van der Waals surface area contributed by atoms with Gasteiger partial charge < -0.3 is 40.1 Å². The van der Waals surface area contributed by atoms with Gasteiger partial charge in [0.25, 0.3) is 0 Å². The van der Waals surface area contributed by atoms with E-state index >= 15 is 0 Å². The molecule has 1 aromatic carbocycles. The lowest BCUT2D eigenvalue weighted by molar-refractivity contribution is -0.371. The number of hydrogen-bond donors (Lipinski definition) is 6. The van der Waals surface area contributed by atoms with E-state index in [9.17, 15) is 49.8 Å². The number of aliphatic carboxylic acids is 3. The molecule has 0 radical (unpaired) electrons. The van der Waals surface area contributed by atoms with E-state index in [1.807, 2.05) is 30.3 Å². The van der Waals surface area contributed by atoms with Crippen molar-refractivity contribution < 1.29 is 59.3 Å². The van der Waals surface area contributed by atoms with Crippen LogP contribution >= 0.6 is 0 Å². The van der Waals surface area contributed by atoms with Crippen LogP contribution in [-0.2, 0) is 35.1 Å². The summed E-state index contributed by atoms with van der Waals surface area (Å²) < 4.78 is 10.3. The zero-order chi connectivity index (χ0) is 25.5. The van der Waals surface area contributed by atoms with E-state index in [1.165, 1.54) is 0 Å². The fourth-order valence-electron chi connectivity index (χ4n) is 4.35. The van der Waals surface area contributed by atoms with Gasteiger partial charge in [0.1, 0.15) is 12.2 Å². The lowest BCUT2D eigenvalue weighted by Crippen LogP contribution is -2.77. The standard InChI is InChI=1S/C22H24O12/c1-11(10-12-6-3-2-4-7-12)13(23)8-5-9-20-14(24)15(25)22(34-20,19(30)31)21(32,18(28)29)16(33-20)17(26)27/h2-8,11,14-16,24-25,32H,9-10H2,1H3,(H,26,27)(H,28,29)(H,30,31)/b8-5+. The molecule has 34 heavy (non-hydrogen) atoms. The molecule has 0 spiro atoms. The van der Waals surface area contributed by atoms with E-state index < -0.39 is 65.5 Å². The third-order valence-corrected chi connectivity index (χ3v) is 6.19. The number of aliphatic hydroxyl groups is 3. The third kappa shape index (κ3) is 3.69. The molecule has 2 aliphatic rings. The van der Waals surface area contributed by atoms with E-state index in [1.54, 1.807) is 6.92 Å². The van der Waals surface area contributed by atoms with Gasteiger partial charge in [-0.15, -0.1) is 0 Å². The third-order valence-electron chi connectivity index (χ3n) is 6.19. The number of benzene rings is 1. The summed E-state index contributed by atoms with van der Waals surface area (Å²) in [6.45, 7) is 1.67. The number of carboxylic acids is 3. The number of ketones is 1. The lowest BCUT2D eigenvalue weighted by Gasteiger charge is -2.48. The Bertz CT molecular complexity index is 1020. The fraction of sp³-hybridized carbons (Fsp3) is 0.455. The van der Waals surface area contributed by atoms with E-state index in [4.69, 9.17) is 9.47 Å². The first kappa shape index (κ1) is 25.5. The van der Waals surface area contributed by atoms with Gasteiger partial charge in [-0.2, -0.15) is 0 Å². The van der Waals surface area contributed by atoms with E-state index in [0.29, 0.717) is 6.42 Å². The maximum atomic E-state index is 12.5. The number of carbonyl (C=O) groups excluding carboxylic acids is 1. The van der Waals surface area contributed by atoms with Crippen molar-refractivity contribution in [2.24, 2.45) is 5.92 Å². The second-order valence-corrected chi connectivity index (χ2v) is 8.35. The quantitative estimate of drug-likeness (QED) is 0.234. The van der Waals surface area contributed by atoms with Crippen molar-refractivity contribution in [3.8, 4) is 0 Å². The number of fused-ring (bicyclic) bond motifs is 2. The minimum absolute atomic E-state index is 0.356. The van der Waals surface area contributed by atoms with E-state index in [0.717, 1.165) is 17.7 Å². The zero-order valence-corrected chi connectivity index (χ0v) is 17.9. The molecule has 2 aliphatic heterocycles. The Hall–Kier alpha value is -3.16. The highest BCUT2D eigenvalue weighted by Gasteiger charge is 2.84. The molecule has 0 aromatic heterocycles. The first-order valence-corrected chi connectivity index (χ1v) is 10.2. The average Bonchev–Trinajstić information content (AvgIpc) is 2.97. The Morgan fingerprint density at radius 2 is 1.65 bits per heavy atom. The summed E-state index contributed by atoms with van der Waals surface area (Å²) in [6.07, 6.45) is -5.59. The highest BCUT2D eigenvalue weighted by atomic mass is 16.8. The predicted octanol–water partition coefficient (Wildman–Crippen LogP) is -1.05. The van der Waals surface area contributed by atoms with Crippen LogP contribution in [-0.4, -0.2) is 89.6 Å². The number of aliphatic hydroxyl groups excluding tert-OH is 2. The molecule has 2 heterocycles. The van der Waals surface area contributed by atoms with Gasteiger partial charge in [-0.25, -0.2) is 14.4 Å². The summed E-state index contributed by atoms with van der Waals surface area (Å²) in [7, 11) is 0. The molecule has 7 atom stereocenters. The zero-order valence-electron chi connectivity index (χ0n) is 17.9. The monoisotopic (exact) mass is 480 g/mol. The Labute approximate surface area is 192 Å². The van der Waals surface area contributed by atoms with Gasteiger partial charge in [-0.3, -0.25) is 4.79 Å². The van der Waals surface area contributed by atoms with Crippen molar-refractivity contribution >= 4 is 23.7 Å². The summed E-state index contributed by atoms with van der Waals surface area (Å²) >= 11 is 0. The Balaban J connectivity index is 1.90. The van der Waals surface area contributed by atoms with Crippen LogP contribution in [0.25, 0.3) is 0 Å². The molecule has 0 amide bonds. The van der Waals surface area contributed by atoms with Gasteiger partial charge in [-0.1, -0.05) is 43.3 Å². The van der Waals surface area contributed by atoms with Crippen molar-refractivity contribution in [2.45, 2.75) is 55.1 Å². The van der Waals surface area contributed by atoms with Crippen LogP contribution < -0.4 is 0 Å². The maximum Gasteiger partial charge on any atom is 0.343 e. The number of carbonyl (C=O) groups is 4. The minimum Gasteiger partial charge on any atom is -0.479 e. The highest BCUT2D eigenvalue weighted by Crippen LogP contribution is 2.54. The molecule has 0 aliphatic carbocycles. The summed E-state index contributed by atoms with van der Waals surface area (Å²) in [6, 6.07) is 9.14. The van der Waals surface area contributed by atoms with Crippen LogP contribution in [0.2, 0.25) is 0 Å². The topological polar surface area (TPSA) is 208 Å². The van der Waals surface area contributed by atoms with E-state index in [2.05, 4.69) is 0 Å². The molecule has 12 heteroatoms. The minimum atomic E-state index is -3.80. The highest BCUT2D eigenvalue weighted by molar-refractivity contribution is 5.97. The number of ether oxygens (including phenoxy) is 2. The van der Waals surface area contributed by atoms with Crippen LogP contribution in [0, 0.1) is 5.92 Å². The Morgan fingerprint density at radius 1 is 1.03 bits per heavy atom. The smallest absolute Gasteiger partial charge is 0.343 e. The van der Waals surface area contributed by atoms with Crippen molar-refractivity contribution in [2.75, 3.05) is 0 Å². The van der Waals surface area contributed by atoms with Gasteiger partial charge in [-0.05, 0) is 18.1 Å². The van der Waals surface area contributed by atoms with Gasteiger partial charge in [0.05, 0.1) is 0 Å². The Morgan fingerprint density at radius 3 is 2.18 bits per heavy atom. The summed E-state index contributed by atoms with van der Waals surface area (Å²) in [5.74, 6) is -10.0. The largest absolute Gasteiger partial charge is 0.479 e. The van der Waals surface area contributed by atoms with Gasteiger partial charge in [0.2, 0.25) is 23.1 Å². The van der Waals surface area contributed by atoms with Crippen LogP contribution in [0.4, 0.5) is 0 Å². The summed E-state index contributed by atoms with van der Waals surface area (Å²) in [5, 5.41) is 60.3. The molecule has 12 nitrogen and oxygen atoms in total. The SMILES string of the molecule is CC(Cc1ccccc1)C(=O)/C=C/CC12OC(C(=O)O)C(O)(C(=O)O)C(C(=O)O)(O1)C(O)C2O. The Kier molecular flexibility index (Phi) is 6.66. The number of allylic oxidation sites excluding steroid dienone is 1. The number of hydrogen-bond acceptors (Lipinski definition) is 9. The first-order chi connectivity index (χ1) is 15.8. The fourth-order valence-corrected chi connectivity index (χ4v) is 4.35. The molecule has 184 valence electrons. The predicted molar refractivity (Wildman–Crippen MR) is 109 cm³/mol. The normalized spacial score (nSPS) is 35.7. The van der Waals surface area contributed by atoms with Crippen LogP contribution in [0.3, 0.4) is 0 Å². The van der Waals surface area contributed by atoms with Gasteiger partial charge in [0.15, 0.2) is 5.78 Å². The van der Waals surface area contributed by atoms with Gasteiger partial charge >= 0.3 is 17.9 Å². The lowest BCUT2D eigenvalue weighted by atomic mass is 9.74. The van der Waals surface area contributed by atoms with E-state index in [-0.39, 0.29) is 5.78 Å². The van der Waals surface area contributed by atoms with Crippen LogP contribution in [0.15, 0.2) is 42.5 Å². The molecule has 2 bridgehead atoms. The molecule has 7 unspecified atom stereocenters. The summed E-state index contributed by atoms with van der Waals surface area (Å²) in [4.78, 5) is 48.0. The van der Waals surface area contributed by atoms with Crippen molar-refractivity contribution in [1.82, 2.24) is 0 Å². The molecular formula is C22H24O12. The molecule has 6 N–H and O–H groups in total.